The molecule has 4 rings (SSSR count). The lowest BCUT2D eigenvalue weighted by atomic mass is 10.2. The average Bonchev–Trinajstić information content (AvgIpc) is 3.29. The minimum absolute atomic E-state index is 0.0490. The normalized spacial score (nSPS) is 11.2. The maximum absolute atomic E-state index is 13.8. The number of nitrogens with one attached hydrogen (secondary N) is 1. The van der Waals surface area contributed by atoms with E-state index in [2.05, 4.69) is 9.71 Å². The number of anilines is 1. The van der Waals surface area contributed by atoms with Crippen molar-refractivity contribution in [1.82, 2.24) is 4.98 Å². The molecule has 1 aromatic heterocycles. The van der Waals surface area contributed by atoms with Crippen LogP contribution in [0.25, 0.3) is 10.6 Å². The lowest BCUT2D eigenvalue weighted by Crippen LogP contribution is -2.15. The van der Waals surface area contributed by atoms with Crippen LogP contribution < -0.4 is 4.72 Å². The number of halogens is 1. The molecule has 0 aliphatic heterocycles. The molecule has 3 aromatic carbocycles. The number of rotatable bonds is 7. The van der Waals surface area contributed by atoms with Crippen LogP contribution in [0.4, 0.5) is 10.1 Å². The molecule has 4 aromatic rings. The van der Waals surface area contributed by atoms with E-state index in [1.807, 2.05) is 30.3 Å². The van der Waals surface area contributed by atoms with Gasteiger partial charge in [0, 0.05) is 10.9 Å². The van der Waals surface area contributed by atoms with Gasteiger partial charge in [-0.2, -0.15) is 0 Å². The Morgan fingerprint density at radius 2 is 1.75 bits per heavy atom. The molecule has 0 saturated carbocycles. The second kappa shape index (κ2) is 9.29. The van der Waals surface area contributed by atoms with Crippen molar-refractivity contribution in [2.24, 2.45) is 0 Å². The molecule has 0 saturated heterocycles. The topological polar surface area (TPSA) is 85.4 Å². The molecule has 0 amide bonds. The number of carbonyl (C=O) groups excluding carboxylic acids is 1. The van der Waals surface area contributed by atoms with Gasteiger partial charge in [0.2, 0.25) is 0 Å². The van der Waals surface area contributed by atoms with Gasteiger partial charge in [-0.3, -0.25) is 4.72 Å². The Morgan fingerprint density at radius 3 is 2.53 bits per heavy atom. The van der Waals surface area contributed by atoms with Crippen LogP contribution in [0.1, 0.15) is 16.1 Å². The lowest BCUT2D eigenvalue weighted by Gasteiger charge is -2.10. The third kappa shape index (κ3) is 5.01. The molecule has 1 N–H and O–H groups in total. The van der Waals surface area contributed by atoms with Crippen LogP contribution in [0.5, 0.6) is 0 Å². The third-order valence-corrected chi connectivity index (χ3v) is 6.73. The van der Waals surface area contributed by atoms with Gasteiger partial charge in [-0.15, -0.1) is 11.3 Å². The number of nitrogens with zero attached hydrogens (tertiary/aromatic N) is 1. The smallest absolute Gasteiger partial charge is 0.338 e. The summed E-state index contributed by atoms with van der Waals surface area (Å²) in [6.45, 7) is -0.0490. The zero-order chi connectivity index (χ0) is 22.6. The number of sulfonamides is 1. The van der Waals surface area contributed by atoms with Gasteiger partial charge < -0.3 is 4.74 Å². The van der Waals surface area contributed by atoms with E-state index >= 15 is 0 Å². The predicted molar refractivity (Wildman–Crippen MR) is 120 cm³/mol. The highest BCUT2D eigenvalue weighted by molar-refractivity contribution is 7.92. The molecule has 0 spiro atoms. The van der Waals surface area contributed by atoms with Gasteiger partial charge in [0.25, 0.3) is 10.0 Å². The summed E-state index contributed by atoms with van der Waals surface area (Å²) in [7, 11) is -4.09. The second-order valence-electron chi connectivity index (χ2n) is 6.70. The molecular weight excluding hydrogens is 451 g/mol. The van der Waals surface area contributed by atoms with Crippen LogP contribution in [0, 0.1) is 5.82 Å². The molecule has 6 nitrogen and oxygen atoms in total. The summed E-state index contributed by atoms with van der Waals surface area (Å²) in [5.41, 5.74) is 1.43. The Balaban J connectivity index is 1.44. The van der Waals surface area contributed by atoms with Crippen molar-refractivity contribution in [3.63, 3.8) is 0 Å². The SMILES string of the molecule is O=C(OCc1csc(-c2ccccc2)n1)c1cccc(S(=O)(=O)Nc2ccccc2F)c1. The van der Waals surface area contributed by atoms with Gasteiger partial charge in [0.1, 0.15) is 17.4 Å². The number of hydrogen-bond acceptors (Lipinski definition) is 6. The van der Waals surface area contributed by atoms with E-state index in [-0.39, 0.29) is 22.8 Å². The van der Waals surface area contributed by atoms with Gasteiger partial charge in [0.15, 0.2) is 0 Å². The van der Waals surface area contributed by atoms with Crippen molar-refractivity contribution >= 4 is 33.0 Å². The number of hydrogen-bond donors (Lipinski definition) is 1. The number of aromatic nitrogens is 1. The first-order valence-corrected chi connectivity index (χ1v) is 11.8. The quantitative estimate of drug-likeness (QED) is 0.381. The molecule has 0 radical (unpaired) electrons. The van der Waals surface area contributed by atoms with Crippen molar-refractivity contribution in [3.8, 4) is 10.6 Å². The first-order chi connectivity index (χ1) is 15.4. The minimum atomic E-state index is -4.09. The van der Waals surface area contributed by atoms with Gasteiger partial charge >= 0.3 is 5.97 Å². The lowest BCUT2D eigenvalue weighted by molar-refractivity contribution is 0.0468. The molecule has 0 bridgehead atoms. The Hall–Kier alpha value is -3.56. The van der Waals surface area contributed by atoms with Crippen LogP contribution in [0.2, 0.25) is 0 Å². The molecule has 0 unspecified atom stereocenters. The van der Waals surface area contributed by atoms with E-state index in [9.17, 15) is 17.6 Å². The molecule has 162 valence electrons. The number of carbonyl (C=O) groups is 1. The summed E-state index contributed by atoms with van der Waals surface area (Å²) in [6, 6.07) is 20.4. The van der Waals surface area contributed by atoms with E-state index in [0.717, 1.165) is 16.6 Å². The standard InChI is InChI=1S/C23H17FN2O4S2/c24-20-11-4-5-12-21(20)26-32(28,29)19-10-6-9-17(13-19)23(27)30-14-18-15-31-22(25-18)16-7-2-1-3-8-16/h1-13,15,26H,14H2. The molecule has 0 aliphatic carbocycles. The third-order valence-electron chi connectivity index (χ3n) is 4.42. The second-order valence-corrected chi connectivity index (χ2v) is 9.24. The highest BCUT2D eigenvalue weighted by Crippen LogP contribution is 2.24. The molecule has 9 heteroatoms. The van der Waals surface area contributed by atoms with Crippen LogP contribution in [-0.4, -0.2) is 19.4 Å². The molecular formula is C23H17FN2O4S2. The van der Waals surface area contributed by atoms with E-state index < -0.39 is 21.8 Å². The van der Waals surface area contributed by atoms with E-state index in [0.29, 0.717) is 5.69 Å². The fourth-order valence-electron chi connectivity index (χ4n) is 2.85. The maximum Gasteiger partial charge on any atom is 0.338 e. The summed E-state index contributed by atoms with van der Waals surface area (Å²) in [6.07, 6.45) is 0. The first kappa shape index (κ1) is 21.7. The van der Waals surface area contributed by atoms with Gasteiger partial charge in [-0.1, -0.05) is 48.5 Å². The summed E-state index contributed by atoms with van der Waals surface area (Å²) < 4.78 is 46.5. The van der Waals surface area contributed by atoms with Crippen LogP contribution in [0.3, 0.4) is 0 Å². The van der Waals surface area contributed by atoms with Crippen molar-refractivity contribution < 1.29 is 22.3 Å². The maximum atomic E-state index is 13.8. The predicted octanol–water partition coefficient (Wildman–Crippen LogP) is 5.11. The zero-order valence-corrected chi connectivity index (χ0v) is 18.2. The van der Waals surface area contributed by atoms with Crippen molar-refractivity contribution in [3.05, 3.63) is 101 Å². The van der Waals surface area contributed by atoms with Gasteiger partial charge in [-0.05, 0) is 30.3 Å². The first-order valence-electron chi connectivity index (χ1n) is 9.47. The number of ether oxygens (including phenoxy) is 1. The summed E-state index contributed by atoms with van der Waals surface area (Å²) >= 11 is 1.44. The Bertz CT molecular complexity index is 1360. The summed E-state index contributed by atoms with van der Waals surface area (Å²) in [5, 5.41) is 2.61. The monoisotopic (exact) mass is 468 g/mol. The van der Waals surface area contributed by atoms with E-state index in [1.165, 1.54) is 53.8 Å². The number of esters is 1. The van der Waals surface area contributed by atoms with Crippen molar-refractivity contribution in [2.75, 3.05) is 4.72 Å². The van der Waals surface area contributed by atoms with Crippen LogP contribution in [0.15, 0.2) is 89.1 Å². The molecule has 32 heavy (non-hydrogen) atoms. The fourth-order valence-corrected chi connectivity index (χ4v) is 4.77. The van der Waals surface area contributed by atoms with Gasteiger partial charge in [-0.25, -0.2) is 22.6 Å². The zero-order valence-electron chi connectivity index (χ0n) is 16.6. The molecule has 0 fully saturated rings. The van der Waals surface area contributed by atoms with E-state index in [4.69, 9.17) is 4.74 Å². The number of thiazole rings is 1. The minimum Gasteiger partial charge on any atom is -0.456 e. The Labute approximate surface area is 188 Å². The van der Waals surface area contributed by atoms with Crippen molar-refractivity contribution in [2.45, 2.75) is 11.5 Å². The van der Waals surface area contributed by atoms with Gasteiger partial charge in [0.05, 0.1) is 21.8 Å². The number of para-hydroxylation sites is 1. The Kier molecular flexibility index (Phi) is 6.29. The molecule has 0 atom stereocenters. The summed E-state index contributed by atoms with van der Waals surface area (Å²) in [4.78, 5) is 16.7. The average molecular weight is 469 g/mol. The summed E-state index contributed by atoms with van der Waals surface area (Å²) in [5.74, 6) is -1.40. The molecule has 1 heterocycles. The van der Waals surface area contributed by atoms with Crippen molar-refractivity contribution in [1.29, 1.82) is 0 Å². The Morgan fingerprint density at radius 1 is 1.00 bits per heavy atom. The highest BCUT2D eigenvalue weighted by Gasteiger charge is 2.19. The largest absolute Gasteiger partial charge is 0.456 e. The molecule has 0 aliphatic rings. The van der Waals surface area contributed by atoms with Crippen LogP contribution in [-0.2, 0) is 21.4 Å². The fraction of sp³-hybridized carbons (Fsp3) is 0.0435. The van der Waals surface area contributed by atoms with Crippen LogP contribution >= 0.6 is 11.3 Å². The highest BCUT2D eigenvalue weighted by atomic mass is 32.2. The van der Waals surface area contributed by atoms with E-state index in [1.54, 1.807) is 5.38 Å². The number of benzene rings is 3.